The topological polar surface area (TPSA) is 58.2 Å². The van der Waals surface area contributed by atoms with E-state index >= 15 is 0 Å². The molecule has 0 unspecified atom stereocenters. The lowest BCUT2D eigenvalue weighted by Gasteiger charge is -2.09. The SMILES string of the molecule is CC(C)NCCOCCOCCOCCOCCOC(C)C. The van der Waals surface area contributed by atoms with Crippen molar-refractivity contribution >= 4 is 0 Å². The number of hydrogen-bond acceptors (Lipinski definition) is 6. The van der Waals surface area contributed by atoms with Gasteiger partial charge in [-0.3, -0.25) is 0 Å². The van der Waals surface area contributed by atoms with E-state index in [1.807, 2.05) is 13.8 Å². The van der Waals surface area contributed by atoms with Gasteiger partial charge in [-0.05, 0) is 13.8 Å². The Hall–Kier alpha value is -0.240. The standard InChI is InChI=1S/C16H35NO5/c1-15(2)17-5-6-18-7-8-19-9-10-20-11-12-21-13-14-22-16(3)4/h15-17H,5-14H2,1-4H3. The first-order chi connectivity index (χ1) is 10.6. The highest BCUT2D eigenvalue weighted by atomic mass is 16.6. The molecule has 0 bridgehead atoms. The summed E-state index contributed by atoms with van der Waals surface area (Å²) in [5, 5.41) is 3.29. The normalized spacial score (nSPS) is 11.7. The summed E-state index contributed by atoms with van der Waals surface area (Å²) in [6.07, 6.45) is 0.257. The van der Waals surface area contributed by atoms with Crippen LogP contribution in [0.3, 0.4) is 0 Å². The maximum Gasteiger partial charge on any atom is 0.0703 e. The molecule has 0 saturated carbocycles. The Morgan fingerprint density at radius 2 is 1.00 bits per heavy atom. The first kappa shape index (κ1) is 21.8. The quantitative estimate of drug-likeness (QED) is 0.410. The number of rotatable bonds is 17. The highest BCUT2D eigenvalue weighted by Crippen LogP contribution is 1.88. The molecular weight excluding hydrogens is 286 g/mol. The fourth-order valence-electron chi connectivity index (χ4n) is 1.52. The van der Waals surface area contributed by atoms with Crippen LogP contribution in [0.5, 0.6) is 0 Å². The van der Waals surface area contributed by atoms with Crippen LogP contribution in [0.2, 0.25) is 0 Å². The zero-order valence-electron chi connectivity index (χ0n) is 14.8. The van der Waals surface area contributed by atoms with Gasteiger partial charge in [-0.2, -0.15) is 0 Å². The van der Waals surface area contributed by atoms with Gasteiger partial charge in [0, 0.05) is 12.6 Å². The minimum atomic E-state index is 0.257. The summed E-state index contributed by atoms with van der Waals surface area (Å²) in [5.41, 5.74) is 0. The van der Waals surface area contributed by atoms with Gasteiger partial charge >= 0.3 is 0 Å². The van der Waals surface area contributed by atoms with Crippen LogP contribution in [0.1, 0.15) is 27.7 Å². The van der Waals surface area contributed by atoms with Gasteiger partial charge in [0.05, 0.1) is 65.6 Å². The molecule has 134 valence electrons. The second kappa shape index (κ2) is 17.1. The van der Waals surface area contributed by atoms with E-state index in [9.17, 15) is 0 Å². The average Bonchev–Trinajstić information content (AvgIpc) is 2.46. The summed E-state index contributed by atoms with van der Waals surface area (Å²) in [5.74, 6) is 0. The zero-order valence-corrected chi connectivity index (χ0v) is 14.8. The van der Waals surface area contributed by atoms with Crippen molar-refractivity contribution in [1.82, 2.24) is 5.32 Å². The van der Waals surface area contributed by atoms with Crippen molar-refractivity contribution in [2.24, 2.45) is 0 Å². The minimum Gasteiger partial charge on any atom is -0.378 e. The van der Waals surface area contributed by atoms with Gasteiger partial charge in [-0.25, -0.2) is 0 Å². The Balaban J connectivity index is 2.97. The fraction of sp³-hybridized carbons (Fsp3) is 1.00. The monoisotopic (exact) mass is 321 g/mol. The highest BCUT2D eigenvalue weighted by Gasteiger charge is 1.95. The minimum absolute atomic E-state index is 0.257. The maximum atomic E-state index is 5.42. The Morgan fingerprint density at radius 3 is 1.41 bits per heavy atom. The second-order valence-electron chi connectivity index (χ2n) is 5.48. The highest BCUT2D eigenvalue weighted by molar-refractivity contribution is 4.50. The van der Waals surface area contributed by atoms with Gasteiger partial charge in [0.15, 0.2) is 0 Å². The Bertz CT molecular complexity index is 193. The maximum absolute atomic E-state index is 5.42. The van der Waals surface area contributed by atoms with Crippen molar-refractivity contribution in [2.45, 2.75) is 39.8 Å². The molecule has 0 amide bonds. The molecule has 6 nitrogen and oxygen atoms in total. The van der Waals surface area contributed by atoms with Crippen LogP contribution in [-0.4, -0.2) is 78.2 Å². The van der Waals surface area contributed by atoms with Crippen molar-refractivity contribution in [1.29, 1.82) is 0 Å². The van der Waals surface area contributed by atoms with E-state index in [1.165, 1.54) is 0 Å². The largest absolute Gasteiger partial charge is 0.378 e. The van der Waals surface area contributed by atoms with E-state index < -0.39 is 0 Å². The van der Waals surface area contributed by atoms with Crippen LogP contribution in [0.25, 0.3) is 0 Å². The van der Waals surface area contributed by atoms with Gasteiger partial charge in [0.2, 0.25) is 0 Å². The van der Waals surface area contributed by atoms with Crippen LogP contribution >= 0.6 is 0 Å². The first-order valence-electron chi connectivity index (χ1n) is 8.29. The molecule has 0 atom stereocenters. The molecule has 0 aliphatic heterocycles. The molecule has 22 heavy (non-hydrogen) atoms. The van der Waals surface area contributed by atoms with Gasteiger partial charge in [-0.15, -0.1) is 0 Å². The van der Waals surface area contributed by atoms with E-state index in [-0.39, 0.29) is 6.10 Å². The summed E-state index contributed by atoms with van der Waals surface area (Å²) in [4.78, 5) is 0. The summed E-state index contributed by atoms with van der Waals surface area (Å²) in [7, 11) is 0. The first-order valence-corrected chi connectivity index (χ1v) is 8.29. The number of hydrogen-bond donors (Lipinski definition) is 1. The molecule has 0 aliphatic rings. The van der Waals surface area contributed by atoms with E-state index in [2.05, 4.69) is 19.2 Å². The van der Waals surface area contributed by atoms with Gasteiger partial charge in [-0.1, -0.05) is 13.8 Å². The molecule has 0 aromatic heterocycles. The molecule has 0 spiro atoms. The van der Waals surface area contributed by atoms with Crippen molar-refractivity contribution in [3.63, 3.8) is 0 Å². The van der Waals surface area contributed by atoms with E-state index in [0.717, 1.165) is 13.2 Å². The second-order valence-corrected chi connectivity index (χ2v) is 5.48. The number of nitrogens with one attached hydrogen (secondary N) is 1. The van der Waals surface area contributed by atoms with Gasteiger partial charge < -0.3 is 29.0 Å². The van der Waals surface area contributed by atoms with Crippen molar-refractivity contribution in [3.8, 4) is 0 Å². The smallest absolute Gasteiger partial charge is 0.0703 e. The summed E-state index contributed by atoms with van der Waals surface area (Å²) < 4.78 is 26.9. The van der Waals surface area contributed by atoms with Crippen molar-refractivity contribution < 1.29 is 23.7 Å². The van der Waals surface area contributed by atoms with Crippen molar-refractivity contribution in [2.75, 3.05) is 66.0 Å². The number of ether oxygens (including phenoxy) is 5. The Kier molecular flexibility index (Phi) is 16.9. The average molecular weight is 321 g/mol. The van der Waals surface area contributed by atoms with E-state index in [1.54, 1.807) is 0 Å². The van der Waals surface area contributed by atoms with Crippen LogP contribution < -0.4 is 5.32 Å². The molecule has 1 N–H and O–H groups in total. The van der Waals surface area contributed by atoms with Crippen molar-refractivity contribution in [3.05, 3.63) is 0 Å². The molecule has 0 aliphatic carbocycles. The predicted molar refractivity (Wildman–Crippen MR) is 87.5 cm³/mol. The zero-order chi connectivity index (χ0) is 16.5. The fourth-order valence-corrected chi connectivity index (χ4v) is 1.52. The lowest BCUT2D eigenvalue weighted by atomic mass is 10.4. The lowest BCUT2D eigenvalue weighted by molar-refractivity contribution is -0.0174. The van der Waals surface area contributed by atoms with Crippen LogP contribution in [0, 0.1) is 0 Å². The molecule has 6 heteroatoms. The Morgan fingerprint density at radius 1 is 0.591 bits per heavy atom. The molecule has 0 heterocycles. The third-order valence-electron chi connectivity index (χ3n) is 2.59. The summed E-state index contributed by atoms with van der Waals surface area (Å²) in [6, 6.07) is 0.503. The third kappa shape index (κ3) is 19.8. The molecular formula is C16H35NO5. The lowest BCUT2D eigenvalue weighted by Crippen LogP contribution is -2.27. The third-order valence-corrected chi connectivity index (χ3v) is 2.59. The molecule has 0 saturated heterocycles. The van der Waals surface area contributed by atoms with Crippen LogP contribution in [-0.2, 0) is 23.7 Å². The molecule has 0 aromatic carbocycles. The summed E-state index contributed by atoms with van der Waals surface area (Å²) in [6.45, 7) is 14.7. The molecule has 0 rings (SSSR count). The Labute approximate surface area is 135 Å². The molecule has 0 aromatic rings. The van der Waals surface area contributed by atoms with E-state index in [0.29, 0.717) is 58.9 Å². The molecule has 0 radical (unpaired) electrons. The van der Waals surface area contributed by atoms with Gasteiger partial charge in [0.25, 0.3) is 0 Å². The van der Waals surface area contributed by atoms with Gasteiger partial charge in [0.1, 0.15) is 0 Å². The predicted octanol–water partition coefficient (Wildman–Crippen LogP) is 1.48. The molecule has 0 fully saturated rings. The summed E-state index contributed by atoms with van der Waals surface area (Å²) >= 11 is 0. The van der Waals surface area contributed by atoms with E-state index in [4.69, 9.17) is 23.7 Å². The van der Waals surface area contributed by atoms with Crippen LogP contribution in [0.15, 0.2) is 0 Å². The van der Waals surface area contributed by atoms with Crippen LogP contribution in [0.4, 0.5) is 0 Å².